The van der Waals surface area contributed by atoms with Crippen molar-refractivity contribution >= 4 is 0 Å². The first kappa shape index (κ1) is 25.3. The second-order valence-electron chi connectivity index (χ2n) is 11.6. The van der Waals surface area contributed by atoms with E-state index in [9.17, 15) is 5.11 Å². The Morgan fingerprint density at radius 1 is 1.12 bits per heavy atom. The molecule has 0 aromatic carbocycles. The summed E-state index contributed by atoms with van der Waals surface area (Å²) in [5, 5.41) is 10.7. The largest absolute Gasteiger partial charge is 0.393 e. The van der Waals surface area contributed by atoms with Gasteiger partial charge in [0.1, 0.15) is 0 Å². The minimum atomic E-state index is -0.176. The van der Waals surface area contributed by atoms with E-state index in [-0.39, 0.29) is 11.5 Å². The van der Waals surface area contributed by atoms with Gasteiger partial charge in [0.25, 0.3) is 0 Å². The van der Waals surface area contributed by atoms with E-state index in [1.165, 1.54) is 17.6 Å². The van der Waals surface area contributed by atoms with E-state index >= 15 is 0 Å². The van der Waals surface area contributed by atoms with Crippen LogP contribution in [-0.4, -0.2) is 11.2 Å². The first-order valence-corrected chi connectivity index (χ1v) is 12.9. The van der Waals surface area contributed by atoms with Crippen molar-refractivity contribution in [1.29, 1.82) is 0 Å². The molecule has 1 N–H and O–H groups in total. The van der Waals surface area contributed by atoms with Crippen LogP contribution in [0.5, 0.6) is 0 Å². The van der Waals surface area contributed by atoms with Gasteiger partial charge in [0, 0.05) is 0 Å². The summed E-state index contributed by atoms with van der Waals surface area (Å²) in [6.07, 6.45) is 18.6. The van der Waals surface area contributed by atoms with Crippen molar-refractivity contribution in [3.63, 3.8) is 0 Å². The van der Waals surface area contributed by atoms with Crippen LogP contribution in [0.4, 0.5) is 0 Å². The average molecular weight is 441 g/mol. The van der Waals surface area contributed by atoms with Gasteiger partial charge in [-0.15, -0.1) is 0 Å². The second-order valence-corrected chi connectivity index (χ2v) is 11.6. The Morgan fingerprint density at radius 3 is 2.47 bits per heavy atom. The molecule has 1 saturated carbocycles. The van der Waals surface area contributed by atoms with E-state index in [4.69, 9.17) is 1.37 Å². The van der Waals surface area contributed by atoms with Crippen LogP contribution in [0.1, 0.15) is 108 Å². The van der Waals surface area contributed by atoms with Crippen LogP contribution in [0.3, 0.4) is 0 Å². The van der Waals surface area contributed by atoms with Crippen molar-refractivity contribution in [1.82, 2.24) is 0 Å². The summed E-state index contributed by atoms with van der Waals surface area (Å²) in [6.45, 7) is 19.7. The highest BCUT2D eigenvalue weighted by atomic mass is 16.3. The van der Waals surface area contributed by atoms with E-state index in [2.05, 4.69) is 79.3 Å². The van der Waals surface area contributed by atoms with E-state index in [1.54, 1.807) is 5.57 Å². The highest BCUT2D eigenvalue weighted by molar-refractivity contribution is 5.20. The number of aliphatic hydroxyl groups is 1. The van der Waals surface area contributed by atoms with Crippen LogP contribution < -0.4 is 0 Å². The Morgan fingerprint density at radius 2 is 1.81 bits per heavy atom. The molecule has 0 bridgehead atoms. The highest BCUT2D eigenvalue weighted by Gasteiger charge is 2.54. The van der Waals surface area contributed by atoms with E-state index in [0.717, 1.165) is 56.9 Å². The minimum absolute atomic E-state index is 0.00821. The normalized spacial score (nSPS) is 30.8. The molecule has 1 heteroatoms. The minimum Gasteiger partial charge on any atom is -0.393 e. The lowest BCUT2D eigenvalue weighted by atomic mass is 9.47. The van der Waals surface area contributed by atoms with Crippen LogP contribution in [0.2, 0.25) is 0 Å². The highest BCUT2D eigenvalue weighted by Crippen LogP contribution is 2.60. The molecule has 2 aliphatic rings. The topological polar surface area (TPSA) is 20.2 Å². The predicted octanol–water partition coefficient (Wildman–Crippen LogP) is 9.12. The van der Waals surface area contributed by atoms with Crippen molar-refractivity contribution in [2.75, 3.05) is 0 Å². The van der Waals surface area contributed by atoms with Gasteiger partial charge in [0.05, 0.1) is 7.47 Å². The standard InChI is InChI=1S/C31H50O/c1-9-26(16-10-13-23(2)3)17-11-14-24(4)15-12-18-27-25(5)19-20-28-30(6,7)29(32)21-22-31(27,28)8/h9,13,15,17,19,27-29,32H,1,10-12,14,16,18,20-22H2,2-8H3/b24-15+,26-17-/t27?,28?,29-,31+/m0/s1/i9T. The maximum atomic E-state index is 10.7. The van der Waals surface area contributed by atoms with Crippen LogP contribution in [0.15, 0.2) is 59.2 Å². The molecule has 0 radical (unpaired) electrons. The van der Waals surface area contributed by atoms with Crippen LogP contribution >= 0.6 is 0 Å². The molecule has 180 valence electrons. The Kier molecular flexibility index (Phi) is 9.23. The first-order valence-electron chi connectivity index (χ1n) is 13.4. The fourth-order valence-electron chi connectivity index (χ4n) is 6.44. The van der Waals surface area contributed by atoms with Gasteiger partial charge in [-0.25, -0.2) is 0 Å². The third-order valence-electron chi connectivity index (χ3n) is 8.60. The number of allylic oxidation sites excluding steroid dienone is 9. The van der Waals surface area contributed by atoms with Gasteiger partial charge in [0.2, 0.25) is 0 Å². The molecule has 0 aromatic rings. The van der Waals surface area contributed by atoms with Crippen molar-refractivity contribution < 1.29 is 6.48 Å². The summed E-state index contributed by atoms with van der Waals surface area (Å²) in [4.78, 5) is 0. The van der Waals surface area contributed by atoms with Crippen molar-refractivity contribution in [2.24, 2.45) is 22.7 Å². The Bertz CT molecular complexity index is 805. The molecular weight excluding hydrogens is 388 g/mol. The van der Waals surface area contributed by atoms with Gasteiger partial charge in [-0.2, -0.15) is 0 Å². The zero-order valence-electron chi connectivity index (χ0n) is 23.1. The molecule has 0 aromatic heterocycles. The third-order valence-corrected chi connectivity index (χ3v) is 8.60. The van der Waals surface area contributed by atoms with Gasteiger partial charge in [-0.05, 0) is 108 Å². The number of fused-ring (bicyclic) bond motifs is 1. The molecule has 2 rings (SSSR count). The monoisotopic (exact) mass is 440 g/mol. The maximum absolute atomic E-state index is 10.7. The molecule has 0 saturated heterocycles. The Hall–Kier alpha value is -1.34. The SMILES string of the molecule is [3H]C(=C)/C(=C/CC/C(C)=C/CCC1C(C)=CCC2C(C)(C)[C@@H](O)CC[C@]12C)CCC=C(C)C. The van der Waals surface area contributed by atoms with Gasteiger partial charge in [-0.1, -0.05) is 80.0 Å². The lowest BCUT2D eigenvalue weighted by molar-refractivity contribution is -0.115. The van der Waals surface area contributed by atoms with Crippen LogP contribution in [-0.2, 0) is 0 Å². The molecular formula is C31H50O. The lowest BCUT2D eigenvalue weighted by Crippen LogP contribution is -2.54. The molecule has 0 amide bonds. The Labute approximate surface area is 200 Å². The van der Waals surface area contributed by atoms with E-state index in [0.29, 0.717) is 23.3 Å². The molecule has 2 aliphatic carbocycles. The summed E-state index contributed by atoms with van der Waals surface area (Å²) in [5.74, 6) is 1.17. The summed E-state index contributed by atoms with van der Waals surface area (Å²) in [7, 11) is 0. The van der Waals surface area contributed by atoms with Crippen LogP contribution in [0, 0.1) is 22.7 Å². The van der Waals surface area contributed by atoms with Gasteiger partial charge in [-0.3, -0.25) is 0 Å². The number of hydrogen-bond donors (Lipinski definition) is 1. The van der Waals surface area contributed by atoms with Crippen LogP contribution in [0.25, 0.3) is 0 Å². The van der Waals surface area contributed by atoms with Gasteiger partial charge in [0.15, 0.2) is 0 Å². The van der Waals surface area contributed by atoms with Crippen molar-refractivity contribution in [3.05, 3.63) is 59.2 Å². The zero-order chi connectivity index (χ0) is 24.8. The quantitative estimate of drug-likeness (QED) is 0.265. The average Bonchev–Trinajstić information content (AvgIpc) is 2.71. The predicted molar refractivity (Wildman–Crippen MR) is 142 cm³/mol. The first-order chi connectivity index (χ1) is 15.4. The summed E-state index contributed by atoms with van der Waals surface area (Å²) >= 11 is 0. The fourth-order valence-corrected chi connectivity index (χ4v) is 6.44. The molecule has 2 unspecified atom stereocenters. The molecule has 0 heterocycles. The Balaban J connectivity index is 1.95. The molecule has 0 spiro atoms. The molecule has 32 heavy (non-hydrogen) atoms. The smallest absolute Gasteiger partial charge is 0.0619 e. The number of aliphatic hydroxyl groups excluding tert-OH is 1. The van der Waals surface area contributed by atoms with Crippen molar-refractivity contribution in [3.8, 4) is 0 Å². The van der Waals surface area contributed by atoms with Gasteiger partial charge < -0.3 is 5.11 Å². The zero-order valence-corrected chi connectivity index (χ0v) is 22.1. The number of hydrogen-bond acceptors (Lipinski definition) is 1. The summed E-state index contributed by atoms with van der Waals surface area (Å²) < 4.78 is 7.96. The molecule has 1 nitrogen and oxygen atoms in total. The molecule has 1 fully saturated rings. The fraction of sp³-hybridized carbons (Fsp3) is 0.677. The summed E-state index contributed by atoms with van der Waals surface area (Å²) in [6, 6.07) is 0.460. The third kappa shape index (κ3) is 6.60. The van der Waals surface area contributed by atoms with Crippen molar-refractivity contribution in [2.45, 2.75) is 112 Å². The number of rotatable bonds is 10. The van der Waals surface area contributed by atoms with E-state index in [1.807, 2.05) is 0 Å². The summed E-state index contributed by atoms with van der Waals surface area (Å²) in [5.41, 5.74) is 5.71. The lowest BCUT2D eigenvalue weighted by Gasteiger charge is -2.58. The second kappa shape index (κ2) is 11.7. The molecule has 4 atom stereocenters. The van der Waals surface area contributed by atoms with Gasteiger partial charge >= 0.3 is 0 Å². The molecule has 0 aliphatic heterocycles. The maximum Gasteiger partial charge on any atom is 0.0619 e. The van der Waals surface area contributed by atoms with E-state index < -0.39 is 0 Å².